The largest absolute Gasteiger partial charge is 0.0827 e. The molecule has 88 valence electrons. The van der Waals surface area contributed by atoms with E-state index in [2.05, 4.69) is 31.2 Å². The highest BCUT2D eigenvalue weighted by atomic mass is 35.5. The lowest BCUT2D eigenvalue weighted by molar-refractivity contribution is 1.11. The second-order valence-corrected chi connectivity index (χ2v) is 4.91. The van der Waals surface area contributed by atoms with Crippen molar-refractivity contribution in [2.45, 2.75) is 19.8 Å². The Balaban J connectivity index is 2.22. The Bertz CT molecular complexity index is 518. The first-order valence-electron chi connectivity index (χ1n) is 5.71. The summed E-state index contributed by atoms with van der Waals surface area (Å²) in [7, 11) is 0. The summed E-state index contributed by atoms with van der Waals surface area (Å²) < 4.78 is 0. The van der Waals surface area contributed by atoms with Crippen LogP contribution in [-0.4, -0.2) is 0 Å². The molecule has 0 aromatic heterocycles. The molecule has 0 aliphatic carbocycles. The molecule has 0 saturated carbocycles. The molecule has 0 heterocycles. The lowest BCUT2D eigenvalue weighted by atomic mass is 10.0. The van der Waals surface area contributed by atoms with Crippen LogP contribution in [0.2, 0.25) is 10.0 Å². The van der Waals surface area contributed by atoms with E-state index in [-0.39, 0.29) is 0 Å². The van der Waals surface area contributed by atoms with Gasteiger partial charge in [-0.05, 0) is 41.7 Å². The van der Waals surface area contributed by atoms with Gasteiger partial charge in [-0.2, -0.15) is 0 Å². The third-order valence-corrected chi connectivity index (χ3v) is 3.53. The third kappa shape index (κ3) is 3.24. The molecule has 0 fully saturated rings. The quantitative estimate of drug-likeness (QED) is 0.720. The minimum atomic E-state index is 0.609. The Morgan fingerprint density at radius 3 is 2.24 bits per heavy atom. The summed E-state index contributed by atoms with van der Waals surface area (Å²) in [4.78, 5) is 0. The first-order chi connectivity index (χ1) is 8.19. The fourth-order valence-electron chi connectivity index (χ4n) is 1.84. The van der Waals surface area contributed by atoms with Gasteiger partial charge in [-0.15, -0.1) is 0 Å². The van der Waals surface area contributed by atoms with Gasteiger partial charge >= 0.3 is 0 Å². The maximum absolute atomic E-state index is 6.01. The molecule has 2 heteroatoms. The minimum absolute atomic E-state index is 0.609. The molecule has 0 atom stereocenters. The standard InChI is InChI=1S/C15H14Cl2/c1-2-11-4-3-5-12(8-11)9-13-6-7-14(16)15(17)10-13/h3-8,10H,2,9H2,1H3. The molecular formula is C15H14Cl2. The van der Waals surface area contributed by atoms with E-state index >= 15 is 0 Å². The molecule has 2 aromatic carbocycles. The van der Waals surface area contributed by atoms with E-state index in [4.69, 9.17) is 23.2 Å². The molecule has 0 saturated heterocycles. The van der Waals surface area contributed by atoms with Crippen molar-refractivity contribution in [3.8, 4) is 0 Å². The molecule has 0 aliphatic heterocycles. The summed E-state index contributed by atoms with van der Waals surface area (Å²) in [5.41, 5.74) is 3.86. The van der Waals surface area contributed by atoms with Gasteiger partial charge in [-0.25, -0.2) is 0 Å². The predicted octanol–water partition coefficient (Wildman–Crippen LogP) is 5.15. The molecular weight excluding hydrogens is 251 g/mol. The Morgan fingerprint density at radius 1 is 0.824 bits per heavy atom. The summed E-state index contributed by atoms with van der Waals surface area (Å²) in [5, 5.41) is 1.23. The van der Waals surface area contributed by atoms with Crippen LogP contribution in [0.3, 0.4) is 0 Å². The second-order valence-electron chi connectivity index (χ2n) is 4.10. The highest BCUT2D eigenvalue weighted by Gasteiger charge is 2.01. The molecule has 17 heavy (non-hydrogen) atoms. The Hall–Kier alpha value is -0.980. The van der Waals surface area contributed by atoms with Crippen LogP contribution >= 0.6 is 23.2 Å². The number of hydrogen-bond donors (Lipinski definition) is 0. The van der Waals surface area contributed by atoms with Crippen molar-refractivity contribution < 1.29 is 0 Å². The van der Waals surface area contributed by atoms with E-state index < -0.39 is 0 Å². The van der Waals surface area contributed by atoms with Crippen LogP contribution in [0.5, 0.6) is 0 Å². The van der Waals surface area contributed by atoms with Gasteiger partial charge in [0.1, 0.15) is 0 Å². The molecule has 2 rings (SSSR count). The van der Waals surface area contributed by atoms with E-state index in [0.29, 0.717) is 10.0 Å². The van der Waals surface area contributed by atoms with Crippen LogP contribution in [0.15, 0.2) is 42.5 Å². The number of rotatable bonds is 3. The minimum Gasteiger partial charge on any atom is -0.0827 e. The smallest absolute Gasteiger partial charge is 0.0595 e. The van der Waals surface area contributed by atoms with Gasteiger partial charge in [0.2, 0.25) is 0 Å². The van der Waals surface area contributed by atoms with Gasteiger partial charge in [-0.3, -0.25) is 0 Å². The molecule has 0 aliphatic rings. The van der Waals surface area contributed by atoms with Gasteiger partial charge in [0.25, 0.3) is 0 Å². The van der Waals surface area contributed by atoms with Crippen molar-refractivity contribution in [1.29, 1.82) is 0 Å². The van der Waals surface area contributed by atoms with Crippen LogP contribution in [0.4, 0.5) is 0 Å². The van der Waals surface area contributed by atoms with Crippen molar-refractivity contribution in [1.82, 2.24) is 0 Å². The summed E-state index contributed by atoms with van der Waals surface area (Å²) >= 11 is 11.9. The fourth-order valence-corrected chi connectivity index (χ4v) is 2.17. The number of aryl methyl sites for hydroxylation is 1. The lowest BCUT2D eigenvalue weighted by Gasteiger charge is -2.05. The lowest BCUT2D eigenvalue weighted by Crippen LogP contribution is -1.90. The van der Waals surface area contributed by atoms with E-state index in [1.807, 2.05) is 18.2 Å². The normalized spacial score (nSPS) is 10.5. The molecule has 0 spiro atoms. The third-order valence-electron chi connectivity index (χ3n) is 2.79. The van der Waals surface area contributed by atoms with E-state index in [1.54, 1.807) is 0 Å². The highest BCUT2D eigenvalue weighted by Crippen LogP contribution is 2.24. The summed E-state index contributed by atoms with van der Waals surface area (Å²) in [5.74, 6) is 0. The van der Waals surface area contributed by atoms with Gasteiger partial charge < -0.3 is 0 Å². The second kappa shape index (κ2) is 5.57. The van der Waals surface area contributed by atoms with Crippen LogP contribution in [0.1, 0.15) is 23.6 Å². The molecule has 0 bridgehead atoms. The molecule has 0 unspecified atom stereocenters. The Labute approximate surface area is 112 Å². The van der Waals surface area contributed by atoms with Crippen molar-refractivity contribution in [3.05, 3.63) is 69.2 Å². The molecule has 0 amide bonds. The summed E-state index contributed by atoms with van der Waals surface area (Å²) in [6.07, 6.45) is 1.96. The van der Waals surface area contributed by atoms with Crippen molar-refractivity contribution in [2.24, 2.45) is 0 Å². The average Bonchev–Trinajstić information content (AvgIpc) is 2.34. The van der Waals surface area contributed by atoms with Gasteiger partial charge in [-0.1, -0.05) is 60.5 Å². The Morgan fingerprint density at radius 2 is 1.53 bits per heavy atom. The number of hydrogen-bond acceptors (Lipinski definition) is 0. The summed E-state index contributed by atoms with van der Waals surface area (Å²) in [6, 6.07) is 14.4. The van der Waals surface area contributed by atoms with E-state index in [1.165, 1.54) is 16.7 Å². The highest BCUT2D eigenvalue weighted by molar-refractivity contribution is 6.42. The molecule has 2 aromatic rings. The topological polar surface area (TPSA) is 0 Å². The zero-order valence-electron chi connectivity index (χ0n) is 9.71. The van der Waals surface area contributed by atoms with Gasteiger partial charge in [0.15, 0.2) is 0 Å². The van der Waals surface area contributed by atoms with Crippen LogP contribution in [-0.2, 0) is 12.8 Å². The van der Waals surface area contributed by atoms with Crippen LogP contribution in [0, 0.1) is 0 Å². The van der Waals surface area contributed by atoms with Crippen molar-refractivity contribution in [2.75, 3.05) is 0 Å². The predicted molar refractivity (Wildman–Crippen MR) is 75.1 cm³/mol. The Kier molecular flexibility index (Phi) is 4.09. The summed E-state index contributed by atoms with van der Waals surface area (Å²) in [6.45, 7) is 2.16. The van der Waals surface area contributed by atoms with E-state index in [0.717, 1.165) is 12.8 Å². The van der Waals surface area contributed by atoms with E-state index in [9.17, 15) is 0 Å². The number of benzene rings is 2. The monoisotopic (exact) mass is 264 g/mol. The zero-order valence-corrected chi connectivity index (χ0v) is 11.2. The average molecular weight is 265 g/mol. The first kappa shape index (κ1) is 12.5. The van der Waals surface area contributed by atoms with Crippen LogP contribution < -0.4 is 0 Å². The van der Waals surface area contributed by atoms with Gasteiger partial charge in [0, 0.05) is 0 Å². The molecule has 0 radical (unpaired) electrons. The maximum atomic E-state index is 6.01. The maximum Gasteiger partial charge on any atom is 0.0595 e. The van der Waals surface area contributed by atoms with Crippen molar-refractivity contribution >= 4 is 23.2 Å². The van der Waals surface area contributed by atoms with Gasteiger partial charge in [0.05, 0.1) is 10.0 Å². The molecule has 0 N–H and O–H groups in total. The zero-order chi connectivity index (χ0) is 12.3. The van der Waals surface area contributed by atoms with Crippen LogP contribution in [0.25, 0.3) is 0 Å². The van der Waals surface area contributed by atoms with Crippen molar-refractivity contribution in [3.63, 3.8) is 0 Å². The molecule has 0 nitrogen and oxygen atoms in total. The number of halogens is 2. The SMILES string of the molecule is CCc1cccc(Cc2ccc(Cl)c(Cl)c2)c1. The fraction of sp³-hybridized carbons (Fsp3) is 0.200. The first-order valence-corrected chi connectivity index (χ1v) is 6.46.